The number of carbonyl (C=O) groups is 2. The maximum atomic E-state index is 14.9. The van der Waals surface area contributed by atoms with Crippen LogP contribution in [0.3, 0.4) is 0 Å². The van der Waals surface area contributed by atoms with Gasteiger partial charge in [-0.3, -0.25) is 14.7 Å². The molecule has 0 unspecified atom stereocenters. The van der Waals surface area contributed by atoms with Gasteiger partial charge >= 0.3 is 6.03 Å². The van der Waals surface area contributed by atoms with E-state index in [9.17, 15) is 14.0 Å². The van der Waals surface area contributed by atoms with Gasteiger partial charge in [-0.05, 0) is 25.1 Å². The highest BCUT2D eigenvalue weighted by Gasteiger charge is 2.20. The molecule has 7 nitrogen and oxygen atoms in total. The van der Waals surface area contributed by atoms with Crippen LogP contribution in [0.15, 0.2) is 36.5 Å². The number of benzene rings is 1. The highest BCUT2D eigenvalue weighted by molar-refractivity contribution is 5.99. The fourth-order valence-electron chi connectivity index (χ4n) is 3.17. The number of nitrogens with one attached hydrogen (secondary N) is 2. The number of nitrogens with zero attached hydrogens (tertiary/aromatic N) is 3. The summed E-state index contributed by atoms with van der Waals surface area (Å²) in [5, 5.41) is 5.23. The standard InChI is InChI=1S/C20H24FN5O2/c1-14-12-17(6-7-22-14)23-20(28)24-18-5-3-4-16(19(18)21)13-25-8-10-26(11-9-25)15(2)27/h3-7,12H,8-11,13H2,1-2H3,(H2,22,23,24,28). The van der Waals surface area contributed by atoms with E-state index < -0.39 is 11.8 Å². The average molecular weight is 385 g/mol. The third-order valence-corrected chi connectivity index (χ3v) is 4.69. The third-order valence-electron chi connectivity index (χ3n) is 4.69. The second-order valence-corrected chi connectivity index (χ2v) is 6.83. The van der Waals surface area contributed by atoms with Gasteiger partial charge < -0.3 is 15.5 Å². The van der Waals surface area contributed by atoms with E-state index in [1.54, 1.807) is 42.3 Å². The van der Waals surface area contributed by atoms with Crippen LogP contribution >= 0.6 is 0 Å². The van der Waals surface area contributed by atoms with Crippen LogP contribution in [0.25, 0.3) is 0 Å². The van der Waals surface area contributed by atoms with Crippen molar-refractivity contribution in [2.45, 2.75) is 20.4 Å². The van der Waals surface area contributed by atoms with Gasteiger partial charge in [0.05, 0.1) is 5.69 Å². The van der Waals surface area contributed by atoms with Crippen LogP contribution in [0.5, 0.6) is 0 Å². The van der Waals surface area contributed by atoms with Crippen LogP contribution in [0, 0.1) is 12.7 Å². The molecule has 1 aromatic heterocycles. The van der Waals surface area contributed by atoms with Crippen LogP contribution in [-0.2, 0) is 11.3 Å². The van der Waals surface area contributed by atoms with Crippen molar-refractivity contribution in [1.82, 2.24) is 14.8 Å². The first-order valence-electron chi connectivity index (χ1n) is 9.18. The van der Waals surface area contributed by atoms with Crippen molar-refractivity contribution in [2.24, 2.45) is 0 Å². The Balaban J connectivity index is 1.61. The molecule has 3 rings (SSSR count). The van der Waals surface area contributed by atoms with E-state index in [2.05, 4.69) is 20.5 Å². The molecule has 1 aromatic carbocycles. The molecule has 3 amide bonds. The minimum absolute atomic E-state index is 0.0624. The summed E-state index contributed by atoms with van der Waals surface area (Å²) in [6.45, 7) is 6.48. The van der Waals surface area contributed by atoms with Gasteiger partial charge in [0.15, 0.2) is 5.82 Å². The number of carbonyl (C=O) groups excluding carboxylic acids is 2. The number of aryl methyl sites for hydroxylation is 1. The van der Waals surface area contributed by atoms with Crippen molar-refractivity contribution in [3.63, 3.8) is 0 Å². The van der Waals surface area contributed by atoms with Crippen molar-refractivity contribution < 1.29 is 14.0 Å². The summed E-state index contributed by atoms with van der Waals surface area (Å²) in [6, 6.07) is 7.84. The molecular weight excluding hydrogens is 361 g/mol. The van der Waals surface area contributed by atoms with Crippen LogP contribution in [-0.4, -0.2) is 52.9 Å². The first-order chi connectivity index (χ1) is 13.4. The number of piperazine rings is 1. The molecule has 1 fully saturated rings. The normalized spacial score (nSPS) is 14.6. The Bertz CT molecular complexity index is 865. The smallest absolute Gasteiger partial charge is 0.323 e. The number of urea groups is 1. The molecule has 0 saturated carbocycles. The lowest BCUT2D eigenvalue weighted by Gasteiger charge is -2.34. The number of anilines is 2. The Kier molecular flexibility index (Phi) is 6.20. The van der Waals surface area contributed by atoms with Crippen molar-refractivity contribution in [3.05, 3.63) is 53.6 Å². The lowest BCUT2D eigenvalue weighted by atomic mass is 10.1. The fraction of sp³-hybridized carbons (Fsp3) is 0.350. The molecule has 1 saturated heterocycles. The van der Waals surface area contributed by atoms with Crippen molar-refractivity contribution in [3.8, 4) is 0 Å². The van der Waals surface area contributed by atoms with Gasteiger partial charge in [0.1, 0.15) is 0 Å². The number of rotatable bonds is 4. The minimum atomic E-state index is -0.517. The first kappa shape index (κ1) is 19.8. The molecule has 28 heavy (non-hydrogen) atoms. The zero-order valence-corrected chi connectivity index (χ0v) is 16.0. The third kappa shape index (κ3) is 5.04. The number of amides is 3. The second kappa shape index (κ2) is 8.79. The molecule has 0 spiro atoms. The van der Waals surface area contributed by atoms with E-state index >= 15 is 0 Å². The van der Waals surface area contributed by atoms with Crippen LogP contribution in [0.4, 0.5) is 20.6 Å². The molecule has 0 atom stereocenters. The molecule has 8 heteroatoms. The molecule has 2 aromatic rings. The van der Waals surface area contributed by atoms with E-state index in [1.165, 1.54) is 6.07 Å². The van der Waals surface area contributed by atoms with E-state index in [0.29, 0.717) is 44.0 Å². The Labute approximate surface area is 163 Å². The number of pyridine rings is 1. The van der Waals surface area contributed by atoms with Crippen LogP contribution < -0.4 is 10.6 Å². The summed E-state index contributed by atoms with van der Waals surface area (Å²) in [6.07, 6.45) is 1.60. The van der Waals surface area contributed by atoms with Crippen molar-refractivity contribution in [2.75, 3.05) is 36.8 Å². The van der Waals surface area contributed by atoms with Crippen molar-refractivity contribution >= 4 is 23.3 Å². The first-order valence-corrected chi connectivity index (χ1v) is 9.18. The number of halogens is 1. The topological polar surface area (TPSA) is 77.6 Å². The number of hydrogen-bond acceptors (Lipinski definition) is 4. The quantitative estimate of drug-likeness (QED) is 0.848. The van der Waals surface area contributed by atoms with Gasteiger partial charge in [0.25, 0.3) is 0 Å². The highest BCUT2D eigenvalue weighted by atomic mass is 19.1. The maximum absolute atomic E-state index is 14.9. The molecule has 1 aliphatic heterocycles. The molecule has 0 radical (unpaired) electrons. The summed E-state index contributed by atoms with van der Waals surface area (Å²) in [4.78, 5) is 31.6. The van der Waals surface area contributed by atoms with Crippen molar-refractivity contribution in [1.29, 1.82) is 0 Å². The summed E-state index contributed by atoms with van der Waals surface area (Å²) in [5.74, 6) is -0.384. The zero-order valence-electron chi connectivity index (χ0n) is 16.0. The fourth-order valence-corrected chi connectivity index (χ4v) is 3.17. The summed E-state index contributed by atoms with van der Waals surface area (Å²) < 4.78 is 14.9. The molecule has 0 aliphatic carbocycles. The van der Waals surface area contributed by atoms with E-state index in [-0.39, 0.29) is 11.6 Å². The summed E-state index contributed by atoms with van der Waals surface area (Å²) >= 11 is 0. The van der Waals surface area contributed by atoms with E-state index in [0.717, 1.165) is 5.69 Å². The molecule has 2 N–H and O–H groups in total. The largest absolute Gasteiger partial charge is 0.340 e. The second-order valence-electron chi connectivity index (χ2n) is 6.83. The lowest BCUT2D eigenvalue weighted by Crippen LogP contribution is -2.47. The SMILES string of the molecule is CC(=O)N1CCN(Cc2cccc(NC(=O)Nc3ccnc(C)c3)c2F)CC1. The van der Waals surface area contributed by atoms with Gasteiger partial charge in [0.2, 0.25) is 5.91 Å². The highest BCUT2D eigenvalue weighted by Crippen LogP contribution is 2.20. The number of aromatic nitrogens is 1. The predicted octanol–water partition coefficient (Wildman–Crippen LogP) is 2.84. The summed E-state index contributed by atoms with van der Waals surface area (Å²) in [5.41, 5.74) is 2.00. The van der Waals surface area contributed by atoms with Gasteiger partial charge in [0, 0.05) is 62.8 Å². The minimum Gasteiger partial charge on any atom is -0.340 e. The Morgan fingerprint density at radius 1 is 1.14 bits per heavy atom. The Morgan fingerprint density at radius 3 is 2.57 bits per heavy atom. The Hall–Kier alpha value is -3.00. The zero-order chi connectivity index (χ0) is 20.1. The molecule has 0 bridgehead atoms. The molecule has 1 aliphatic rings. The van der Waals surface area contributed by atoms with Crippen LogP contribution in [0.1, 0.15) is 18.2 Å². The van der Waals surface area contributed by atoms with E-state index in [4.69, 9.17) is 0 Å². The average Bonchev–Trinajstić information content (AvgIpc) is 2.65. The molecular formula is C20H24FN5O2. The van der Waals surface area contributed by atoms with Gasteiger partial charge in [-0.1, -0.05) is 12.1 Å². The van der Waals surface area contributed by atoms with Gasteiger partial charge in [-0.2, -0.15) is 0 Å². The monoisotopic (exact) mass is 385 g/mol. The Morgan fingerprint density at radius 2 is 1.89 bits per heavy atom. The predicted molar refractivity (Wildman–Crippen MR) is 106 cm³/mol. The number of hydrogen-bond donors (Lipinski definition) is 2. The molecule has 148 valence electrons. The molecule has 2 heterocycles. The lowest BCUT2D eigenvalue weighted by molar-refractivity contribution is -0.130. The summed E-state index contributed by atoms with van der Waals surface area (Å²) in [7, 11) is 0. The van der Waals surface area contributed by atoms with Gasteiger partial charge in [-0.25, -0.2) is 9.18 Å². The maximum Gasteiger partial charge on any atom is 0.323 e. The van der Waals surface area contributed by atoms with Gasteiger partial charge in [-0.15, -0.1) is 0 Å². The van der Waals surface area contributed by atoms with Crippen LogP contribution in [0.2, 0.25) is 0 Å². The van der Waals surface area contributed by atoms with E-state index in [1.807, 2.05) is 6.92 Å².